The second-order valence-corrected chi connectivity index (χ2v) is 5.01. The number of unbranched alkanes of at least 4 members (excludes halogenated alkanes) is 1. The maximum Gasteiger partial charge on any atom is 0.203 e. The van der Waals surface area contributed by atoms with Crippen LogP contribution in [0.5, 0.6) is 17.2 Å². The first-order valence-corrected chi connectivity index (χ1v) is 7.20. The molecule has 21 heavy (non-hydrogen) atoms. The summed E-state index contributed by atoms with van der Waals surface area (Å²) >= 11 is 0. The van der Waals surface area contributed by atoms with Crippen LogP contribution < -0.4 is 14.2 Å². The first-order chi connectivity index (χ1) is 10.2. The molecule has 1 rings (SSSR count). The Morgan fingerprint density at radius 2 is 1.57 bits per heavy atom. The van der Waals surface area contributed by atoms with Crippen molar-refractivity contribution >= 4 is 0 Å². The lowest BCUT2D eigenvalue weighted by Gasteiger charge is -2.17. The summed E-state index contributed by atoms with van der Waals surface area (Å²) in [6.07, 6.45) is 3.30. The fourth-order valence-electron chi connectivity index (χ4n) is 2.39. The molecule has 1 aromatic carbocycles. The number of benzene rings is 1. The van der Waals surface area contributed by atoms with E-state index in [0.717, 1.165) is 31.2 Å². The zero-order valence-corrected chi connectivity index (χ0v) is 13.1. The van der Waals surface area contributed by atoms with Crippen LogP contribution in [0.1, 0.15) is 24.8 Å². The summed E-state index contributed by atoms with van der Waals surface area (Å²) in [5, 5.41) is 18.3. The number of ether oxygens (including phenoxy) is 3. The van der Waals surface area contributed by atoms with Crippen LogP contribution in [-0.4, -0.2) is 44.8 Å². The molecule has 0 saturated heterocycles. The Labute approximate surface area is 126 Å². The highest BCUT2D eigenvalue weighted by atomic mass is 16.5. The van der Waals surface area contributed by atoms with Crippen molar-refractivity contribution in [1.29, 1.82) is 0 Å². The van der Waals surface area contributed by atoms with Gasteiger partial charge in [0.15, 0.2) is 11.5 Å². The third-order valence-corrected chi connectivity index (χ3v) is 3.53. The van der Waals surface area contributed by atoms with Crippen LogP contribution in [0.15, 0.2) is 12.1 Å². The Kier molecular flexibility index (Phi) is 7.93. The lowest BCUT2D eigenvalue weighted by Crippen LogP contribution is -2.10. The average Bonchev–Trinajstić information content (AvgIpc) is 2.52. The number of aliphatic hydroxyl groups is 2. The van der Waals surface area contributed by atoms with Crippen LogP contribution in [0.25, 0.3) is 0 Å². The van der Waals surface area contributed by atoms with Gasteiger partial charge >= 0.3 is 0 Å². The minimum absolute atomic E-state index is 0.127. The monoisotopic (exact) mass is 298 g/mol. The molecule has 2 N–H and O–H groups in total. The molecule has 0 spiro atoms. The lowest BCUT2D eigenvalue weighted by atomic mass is 9.94. The zero-order valence-electron chi connectivity index (χ0n) is 13.1. The van der Waals surface area contributed by atoms with Gasteiger partial charge in [-0.3, -0.25) is 0 Å². The fraction of sp³-hybridized carbons (Fsp3) is 0.625. The van der Waals surface area contributed by atoms with E-state index in [4.69, 9.17) is 19.3 Å². The standard InChI is InChI=1S/C16H26O5/c1-19-14-9-13(10-15(20-2)16(14)21-3)8-12(11-18)6-4-5-7-17/h9-10,12,17-18H,4-8,11H2,1-3H3/t12-/m1/s1. The smallest absolute Gasteiger partial charge is 0.203 e. The number of aliphatic hydroxyl groups excluding tert-OH is 2. The molecule has 5 heteroatoms. The number of hydrogen-bond acceptors (Lipinski definition) is 5. The van der Waals surface area contributed by atoms with E-state index in [2.05, 4.69) is 0 Å². The molecule has 0 unspecified atom stereocenters. The van der Waals surface area contributed by atoms with Crippen molar-refractivity contribution in [3.8, 4) is 17.2 Å². The molecular weight excluding hydrogens is 272 g/mol. The second kappa shape index (κ2) is 9.47. The Morgan fingerprint density at radius 1 is 0.952 bits per heavy atom. The maximum atomic E-state index is 9.49. The van der Waals surface area contributed by atoms with Crippen LogP contribution in [0.2, 0.25) is 0 Å². The Balaban J connectivity index is 2.86. The topological polar surface area (TPSA) is 68.2 Å². The Morgan fingerprint density at radius 3 is 2.00 bits per heavy atom. The quantitative estimate of drug-likeness (QED) is 0.647. The molecule has 0 aliphatic heterocycles. The summed E-state index contributed by atoms with van der Waals surface area (Å²) in [5.41, 5.74) is 1.03. The summed E-state index contributed by atoms with van der Waals surface area (Å²) in [6, 6.07) is 3.83. The van der Waals surface area contributed by atoms with Crippen molar-refractivity contribution in [2.45, 2.75) is 25.7 Å². The van der Waals surface area contributed by atoms with Gasteiger partial charge in [-0.2, -0.15) is 0 Å². The molecule has 1 aromatic rings. The average molecular weight is 298 g/mol. The molecule has 0 aromatic heterocycles. The highest BCUT2D eigenvalue weighted by Gasteiger charge is 2.15. The van der Waals surface area contributed by atoms with Gasteiger partial charge in [0.1, 0.15) is 0 Å². The number of methoxy groups -OCH3 is 3. The predicted molar refractivity (Wildman–Crippen MR) is 81.3 cm³/mol. The van der Waals surface area contributed by atoms with E-state index in [1.807, 2.05) is 12.1 Å². The lowest BCUT2D eigenvalue weighted by molar-refractivity contribution is 0.208. The Bertz CT molecular complexity index is 394. The summed E-state index contributed by atoms with van der Waals surface area (Å²) in [7, 11) is 4.75. The third kappa shape index (κ3) is 5.10. The minimum Gasteiger partial charge on any atom is -0.493 e. The van der Waals surface area contributed by atoms with E-state index in [1.54, 1.807) is 21.3 Å². The molecule has 0 amide bonds. The van der Waals surface area contributed by atoms with E-state index < -0.39 is 0 Å². The summed E-state index contributed by atoms with van der Waals surface area (Å²) in [5.74, 6) is 1.99. The van der Waals surface area contributed by atoms with Crippen molar-refractivity contribution in [3.63, 3.8) is 0 Å². The Hall–Kier alpha value is -1.46. The van der Waals surface area contributed by atoms with Crippen LogP contribution in [-0.2, 0) is 6.42 Å². The highest BCUT2D eigenvalue weighted by molar-refractivity contribution is 5.53. The van der Waals surface area contributed by atoms with Crippen LogP contribution in [0.4, 0.5) is 0 Å². The first-order valence-electron chi connectivity index (χ1n) is 7.20. The summed E-state index contributed by atoms with van der Waals surface area (Å²) < 4.78 is 16.0. The highest BCUT2D eigenvalue weighted by Crippen LogP contribution is 2.38. The molecule has 0 aliphatic rings. The van der Waals surface area contributed by atoms with Gasteiger partial charge in [-0.1, -0.05) is 6.42 Å². The second-order valence-electron chi connectivity index (χ2n) is 5.01. The van der Waals surface area contributed by atoms with Crippen LogP contribution >= 0.6 is 0 Å². The van der Waals surface area contributed by atoms with Gasteiger partial charge in [-0.25, -0.2) is 0 Å². The van der Waals surface area contributed by atoms with Crippen LogP contribution in [0.3, 0.4) is 0 Å². The SMILES string of the molecule is COc1cc(C[C@H](CO)CCCCO)cc(OC)c1OC. The molecule has 0 fully saturated rings. The van der Waals surface area contributed by atoms with Crippen LogP contribution in [0, 0.1) is 5.92 Å². The summed E-state index contributed by atoms with van der Waals surface area (Å²) in [6.45, 7) is 0.324. The number of hydrogen-bond donors (Lipinski definition) is 2. The molecule has 0 heterocycles. The zero-order chi connectivity index (χ0) is 15.7. The molecule has 0 saturated carbocycles. The van der Waals surface area contributed by atoms with E-state index in [1.165, 1.54) is 0 Å². The van der Waals surface area contributed by atoms with Crippen molar-refractivity contribution < 1.29 is 24.4 Å². The van der Waals surface area contributed by atoms with Crippen molar-refractivity contribution in [3.05, 3.63) is 17.7 Å². The van der Waals surface area contributed by atoms with Crippen molar-refractivity contribution in [1.82, 2.24) is 0 Å². The maximum absolute atomic E-state index is 9.49. The van der Waals surface area contributed by atoms with Gasteiger partial charge in [-0.05, 0) is 42.9 Å². The predicted octanol–water partition coefficient (Wildman–Crippen LogP) is 2.03. The first kappa shape index (κ1) is 17.6. The van der Waals surface area contributed by atoms with Crippen molar-refractivity contribution in [2.75, 3.05) is 34.5 Å². The van der Waals surface area contributed by atoms with Gasteiger partial charge in [-0.15, -0.1) is 0 Å². The van der Waals surface area contributed by atoms with E-state index in [-0.39, 0.29) is 19.1 Å². The molecule has 0 bridgehead atoms. The van der Waals surface area contributed by atoms with Gasteiger partial charge in [0.05, 0.1) is 21.3 Å². The van der Waals surface area contributed by atoms with E-state index in [9.17, 15) is 5.11 Å². The van der Waals surface area contributed by atoms with Crippen molar-refractivity contribution in [2.24, 2.45) is 5.92 Å². The molecular formula is C16H26O5. The number of rotatable bonds is 10. The van der Waals surface area contributed by atoms with Gasteiger partial charge in [0.2, 0.25) is 5.75 Å². The fourth-order valence-corrected chi connectivity index (χ4v) is 2.39. The van der Waals surface area contributed by atoms with Gasteiger partial charge in [0.25, 0.3) is 0 Å². The molecule has 0 radical (unpaired) electrons. The summed E-state index contributed by atoms with van der Waals surface area (Å²) in [4.78, 5) is 0. The van der Waals surface area contributed by atoms with E-state index >= 15 is 0 Å². The van der Waals surface area contributed by atoms with Gasteiger partial charge < -0.3 is 24.4 Å². The molecule has 1 atom stereocenters. The third-order valence-electron chi connectivity index (χ3n) is 3.53. The minimum atomic E-state index is 0.127. The normalized spacial score (nSPS) is 12.0. The molecule has 0 aliphatic carbocycles. The molecule has 5 nitrogen and oxygen atoms in total. The van der Waals surface area contributed by atoms with E-state index in [0.29, 0.717) is 17.2 Å². The molecule has 120 valence electrons. The van der Waals surface area contributed by atoms with Gasteiger partial charge in [0, 0.05) is 13.2 Å². The largest absolute Gasteiger partial charge is 0.493 e.